The summed E-state index contributed by atoms with van der Waals surface area (Å²) in [5, 5.41) is 0. The van der Waals surface area contributed by atoms with E-state index in [0.717, 1.165) is 14.6 Å². The molecule has 1 aliphatic rings. The van der Waals surface area contributed by atoms with E-state index >= 15 is 0 Å². The fraction of sp³-hybridized carbons (Fsp3) is 1.00. The van der Waals surface area contributed by atoms with Crippen LogP contribution in [0, 0.1) is 0 Å². The van der Waals surface area contributed by atoms with Crippen LogP contribution < -0.4 is 14.6 Å². The third-order valence-corrected chi connectivity index (χ3v) is 7.76. The van der Waals surface area contributed by atoms with Crippen molar-refractivity contribution in [3.8, 4) is 0 Å². The van der Waals surface area contributed by atoms with Gasteiger partial charge in [-0.15, -0.1) is 0 Å². The summed E-state index contributed by atoms with van der Waals surface area (Å²) in [6.07, 6.45) is 0. The number of hydrogen-bond donors (Lipinski definition) is 3. The molecule has 0 aromatic rings. The van der Waals surface area contributed by atoms with Gasteiger partial charge < -0.3 is 0 Å². The van der Waals surface area contributed by atoms with E-state index in [4.69, 9.17) is 0 Å². The molecule has 0 aliphatic carbocycles. The Kier molecular flexibility index (Phi) is 3.65. The summed E-state index contributed by atoms with van der Waals surface area (Å²) in [5.74, 6) is 0. The van der Waals surface area contributed by atoms with Crippen molar-refractivity contribution in [3.05, 3.63) is 0 Å². The molecular formula is C2H8F5N3OP3+3. The van der Waals surface area contributed by atoms with E-state index in [0.29, 0.717) is 0 Å². The highest BCUT2D eigenvalue weighted by Gasteiger charge is 2.81. The molecule has 0 aromatic carbocycles. The van der Waals surface area contributed by atoms with Crippen molar-refractivity contribution in [1.29, 1.82) is 0 Å². The monoisotopic (exact) mass is 278 g/mol. The van der Waals surface area contributed by atoms with Crippen LogP contribution in [-0.4, -0.2) is 6.61 Å². The zero-order valence-electron chi connectivity index (χ0n) is 6.85. The first-order valence-corrected chi connectivity index (χ1v) is 8.10. The minimum atomic E-state index is -5.32. The van der Waals surface area contributed by atoms with Crippen LogP contribution in [0.3, 0.4) is 0 Å². The Balaban J connectivity index is 2.80. The maximum atomic E-state index is 13.3. The highest BCUT2D eigenvalue weighted by molar-refractivity contribution is 7.92. The summed E-state index contributed by atoms with van der Waals surface area (Å²) in [4.78, 5) is 3.09. The van der Waals surface area contributed by atoms with Gasteiger partial charge in [-0.2, -0.15) is 4.52 Å². The Morgan fingerprint density at radius 3 is 1.71 bits per heavy atom. The van der Waals surface area contributed by atoms with Crippen LogP contribution in [0.1, 0.15) is 6.92 Å². The molecule has 3 N–H and O–H groups in total. The van der Waals surface area contributed by atoms with Gasteiger partial charge in [-0.25, -0.2) is 0 Å². The molecule has 1 rings (SSSR count). The van der Waals surface area contributed by atoms with E-state index in [1.807, 2.05) is 0 Å². The SMILES string of the molecule is CCO[P+]1(F)N[P+](F)(F)N[P+](F)(F)N1. The molecular weight excluding hydrogens is 270 g/mol. The van der Waals surface area contributed by atoms with Crippen molar-refractivity contribution in [3.63, 3.8) is 0 Å². The lowest BCUT2D eigenvalue weighted by atomic mass is 10.9. The molecule has 12 heteroatoms. The van der Waals surface area contributed by atoms with Crippen LogP contribution in [0.15, 0.2) is 0 Å². The summed E-state index contributed by atoms with van der Waals surface area (Å²) in [5.41, 5.74) is 0. The lowest BCUT2D eigenvalue weighted by Gasteiger charge is -2.17. The van der Waals surface area contributed by atoms with Crippen molar-refractivity contribution in [1.82, 2.24) is 14.6 Å². The number of nitrogens with one attached hydrogen (secondary N) is 3. The predicted octanol–water partition coefficient (Wildman–Crippen LogP) is 3.69. The van der Waals surface area contributed by atoms with E-state index in [2.05, 4.69) is 4.52 Å². The molecule has 0 bridgehead atoms. The van der Waals surface area contributed by atoms with E-state index in [9.17, 15) is 21.0 Å². The van der Waals surface area contributed by atoms with E-state index < -0.39 is 24.5 Å². The lowest BCUT2D eigenvalue weighted by Crippen LogP contribution is -2.36. The van der Waals surface area contributed by atoms with E-state index in [-0.39, 0.29) is 6.61 Å². The fourth-order valence-electron chi connectivity index (χ4n) is 0.784. The Morgan fingerprint density at radius 2 is 1.36 bits per heavy atom. The summed E-state index contributed by atoms with van der Waals surface area (Å²) in [6, 6.07) is 0. The quantitative estimate of drug-likeness (QED) is 0.532. The molecule has 14 heavy (non-hydrogen) atoms. The first-order chi connectivity index (χ1) is 6.18. The van der Waals surface area contributed by atoms with Gasteiger partial charge in [-0.1, -0.05) is 0 Å². The molecule has 0 amide bonds. The Labute approximate surface area is 79.0 Å². The van der Waals surface area contributed by atoms with Crippen molar-refractivity contribution in [2.75, 3.05) is 6.61 Å². The van der Waals surface area contributed by atoms with Crippen LogP contribution >= 0.6 is 24.5 Å². The van der Waals surface area contributed by atoms with Crippen LogP contribution in [0.25, 0.3) is 0 Å². The molecule has 4 nitrogen and oxygen atoms in total. The maximum Gasteiger partial charge on any atom is 0.611 e. The van der Waals surface area contributed by atoms with Gasteiger partial charge in [0.1, 0.15) is 0 Å². The standard InChI is InChI=1S/C2H8F5N3OP3/c1-2-11-14(7)9-12(3,4)8-13(5,6)10-14/h8-10H,2H2,1H3/q+3. The van der Waals surface area contributed by atoms with Crippen LogP contribution in [0.4, 0.5) is 21.0 Å². The molecule has 0 spiro atoms. The van der Waals surface area contributed by atoms with Crippen molar-refractivity contribution >= 4 is 24.5 Å². The van der Waals surface area contributed by atoms with Gasteiger partial charge in [0.15, 0.2) is 0 Å². The number of halogens is 5. The minimum absolute atomic E-state index is 0.274. The third-order valence-electron chi connectivity index (χ3n) is 1.07. The Bertz CT molecular complexity index is 212. The molecule has 0 unspecified atom stereocenters. The zero-order valence-corrected chi connectivity index (χ0v) is 9.53. The Hall–Kier alpha value is 0.780. The summed E-state index contributed by atoms with van der Waals surface area (Å²) < 4.78 is 68.0. The highest BCUT2D eigenvalue weighted by Crippen LogP contribution is 2.83. The predicted molar refractivity (Wildman–Crippen MR) is 47.3 cm³/mol. The lowest BCUT2D eigenvalue weighted by molar-refractivity contribution is 0.328. The zero-order chi connectivity index (χ0) is 11.0. The highest BCUT2D eigenvalue weighted by atomic mass is 31.4. The molecule has 0 aromatic heterocycles. The summed E-state index contributed by atoms with van der Waals surface area (Å²) in [7, 11) is -15.2. The Morgan fingerprint density at radius 1 is 0.929 bits per heavy atom. The molecule has 84 valence electrons. The second kappa shape index (κ2) is 3.98. The van der Waals surface area contributed by atoms with Crippen LogP contribution in [0.5, 0.6) is 0 Å². The number of rotatable bonds is 2. The third kappa shape index (κ3) is 3.42. The smallest absolute Gasteiger partial charge is 0.164 e. The maximum absolute atomic E-state index is 13.3. The average Bonchev–Trinajstić information content (AvgIpc) is 1.75. The van der Waals surface area contributed by atoms with Gasteiger partial charge in [0.05, 0.1) is 21.2 Å². The van der Waals surface area contributed by atoms with Gasteiger partial charge in [0.2, 0.25) is 0 Å². The fourth-order valence-corrected chi connectivity index (χ4v) is 7.19. The van der Waals surface area contributed by atoms with Crippen molar-refractivity contribution in [2.24, 2.45) is 0 Å². The van der Waals surface area contributed by atoms with Gasteiger partial charge in [-0.05, 0) is 6.92 Å². The summed E-state index contributed by atoms with van der Waals surface area (Å²) in [6.45, 7) is 1.05. The molecule has 0 radical (unpaired) electrons. The van der Waals surface area contributed by atoms with Crippen LogP contribution in [-0.2, 0) is 4.52 Å². The largest absolute Gasteiger partial charge is 0.611 e. The van der Waals surface area contributed by atoms with Gasteiger partial charge in [0.25, 0.3) is 0 Å². The van der Waals surface area contributed by atoms with Gasteiger partial charge in [0, 0.05) is 21.0 Å². The van der Waals surface area contributed by atoms with Gasteiger partial charge in [-0.3, -0.25) is 0 Å². The molecule has 0 atom stereocenters. The normalized spacial score (nSPS) is 28.7. The van der Waals surface area contributed by atoms with Crippen molar-refractivity contribution < 1.29 is 25.5 Å². The first kappa shape index (κ1) is 12.8. The number of hydrogen-bond acceptors (Lipinski definition) is 4. The molecule has 1 fully saturated rings. The van der Waals surface area contributed by atoms with E-state index in [1.54, 1.807) is 0 Å². The second-order valence-corrected chi connectivity index (χ2v) is 8.06. The molecule has 1 saturated heterocycles. The average molecular weight is 278 g/mol. The van der Waals surface area contributed by atoms with Crippen molar-refractivity contribution in [2.45, 2.75) is 6.92 Å². The molecule has 0 saturated carbocycles. The topological polar surface area (TPSA) is 45.3 Å². The minimum Gasteiger partial charge on any atom is -0.164 e. The van der Waals surface area contributed by atoms with Gasteiger partial charge >= 0.3 is 24.5 Å². The van der Waals surface area contributed by atoms with Crippen LogP contribution in [0.2, 0.25) is 0 Å². The first-order valence-electron chi connectivity index (χ1n) is 3.37. The molecule has 1 aliphatic heterocycles. The summed E-state index contributed by atoms with van der Waals surface area (Å²) >= 11 is 0. The van der Waals surface area contributed by atoms with E-state index in [1.165, 1.54) is 6.92 Å². The second-order valence-electron chi connectivity index (χ2n) is 2.28. The molecule has 1 heterocycles.